The van der Waals surface area contributed by atoms with Crippen molar-refractivity contribution in [2.45, 2.75) is 19.8 Å². The Morgan fingerprint density at radius 1 is 1.33 bits per heavy atom. The SMILES string of the molecule is CC(C)c1nc(N)cc(Oc2ccc(F)cc2[N+](=O)[O-])n1. The molecule has 0 saturated heterocycles. The zero-order valence-electron chi connectivity index (χ0n) is 11.4. The van der Waals surface area contributed by atoms with Crippen LogP contribution in [0.15, 0.2) is 24.3 Å². The molecule has 0 atom stereocenters. The van der Waals surface area contributed by atoms with Gasteiger partial charge in [-0.05, 0) is 12.1 Å². The van der Waals surface area contributed by atoms with E-state index in [1.165, 1.54) is 12.1 Å². The molecule has 0 aliphatic heterocycles. The number of ether oxygens (including phenoxy) is 1. The molecule has 1 aromatic carbocycles. The second-order valence-electron chi connectivity index (χ2n) is 4.62. The number of nitrogens with two attached hydrogens (primary N) is 1. The summed E-state index contributed by atoms with van der Waals surface area (Å²) in [5, 5.41) is 10.9. The van der Waals surface area contributed by atoms with Crippen LogP contribution in [0.25, 0.3) is 0 Å². The minimum Gasteiger partial charge on any atom is -0.432 e. The van der Waals surface area contributed by atoms with Gasteiger partial charge in [0.25, 0.3) is 0 Å². The number of halogens is 1. The van der Waals surface area contributed by atoms with E-state index in [0.717, 1.165) is 12.1 Å². The number of nitrogen functional groups attached to an aromatic ring is 1. The lowest BCUT2D eigenvalue weighted by molar-refractivity contribution is -0.385. The summed E-state index contributed by atoms with van der Waals surface area (Å²) in [5.41, 5.74) is 5.16. The molecule has 1 aromatic heterocycles. The average molecular weight is 292 g/mol. The van der Waals surface area contributed by atoms with Gasteiger partial charge in [0.05, 0.1) is 11.0 Å². The number of nitrogens with zero attached hydrogens (tertiary/aromatic N) is 3. The van der Waals surface area contributed by atoms with Crippen molar-refractivity contribution in [3.63, 3.8) is 0 Å². The first-order valence-electron chi connectivity index (χ1n) is 6.13. The number of nitro groups is 1. The Hall–Kier alpha value is -2.77. The normalized spacial score (nSPS) is 10.7. The largest absolute Gasteiger partial charge is 0.432 e. The molecule has 2 rings (SSSR count). The van der Waals surface area contributed by atoms with Crippen LogP contribution in [-0.2, 0) is 0 Å². The summed E-state index contributed by atoms with van der Waals surface area (Å²) in [7, 11) is 0. The third kappa shape index (κ3) is 3.41. The molecular formula is C13H13FN4O3. The first-order valence-corrected chi connectivity index (χ1v) is 6.13. The van der Waals surface area contributed by atoms with Gasteiger partial charge in [0, 0.05) is 12.0 Å². The summed E-state index contributed by atoms with van der Waals surface area (Å²) < 4.78 is 18.4. The number of rotatable bonds is 4. The summed E-state index contributed by atoms with van der Waals surface area (Å²) in [6, 6.07) is 4.36. The number of hydrogen-bond donors (Lipinski definition) is 1. The molecule has 0 saturated carbocycles. The summed E-state index contributed by atoms with van der Waals surface area (Å²) in [6.45, 7) is 3.75. The van der Waals surface area contributed by atoms with E-state index in [9.17, 15) is 14.5 Å². The molecule has 0 bridgehead atoms. The smallest absolute Gasteiger partial charge is 0.314 e. The molecule has 110 valence electrons. The van der Waals surface area contributed by atoms with E-state index in [1.807, 2.05) is 13.8 Å². The van der Waals surface area contributed by atoms with Crippen molar-refractivity contribution in [1.29, 1.82) is 0 Å². The molecule has 0 aliphatic carbocycles. The lowest BCUT2D eigenvalue weighted by Gasteiger charge is -2.09. The van der Waals surface area contributed by atoms with Crippen molar-refractivity contribution >= 4 is 11.5 Å². The highest BCUT2D eigenvalue weighted by molar-refractivity contribution is 5.48. The number of hydrogen-bond acceptors (Lipinski definition) is 6. The molecule has 0 aliphatic rings. The van der Waals surface area contributed by atoms with E-state index >= 15 is 0 Å². The molecule has 8 heteroatoms. The van der Waals surface area contributed by atoms with Gasteiger partial charge in [-0.25, -0.2) is 9.37 Å². The predicted octanol–water partition coefficient (Wildman–Crippen LogP) is 3.02. The molecule has 0 amide bonds. The van der Waals surface area contributed by atoms with Crippen molar-refractivity contribution in [1.82, 2.24) is 9.97 Å². The maximum Gasteiger partial charge on any atom is 0.314 e. The Bertz CT molecular complexity index is 691. The fraction of sp³-hybridized carbons (Fsp3) is 0.231. The monoisotopic (exact) mass is 292 g/mol. The molecule has 1 heterocycles. The Morgan fingerprint density at radius 2 is 2.05 bits per heavy atom. The Balaban J connectivity index is 2.41. The van der Waals surface area contributed by atoms with E-state index in [4.69, 9.17) is 10.5 Å². The average Bonchev–Trinajstić information content (AvgIpc) is 2.40. The number of anilines is 1. The number of benzene rings is 1. The van der Waals surface area contributed by atoms with E-state index in [-0.39, 0.29) is 23.4 Å². The van der Waals surface area contributed by atoms with E-state index in [2.05, 4.69) is 9.97 Å². The standard InChI is InChI=1S/C13H13FN4O3/c1-7(2)13-16-11(15)6-12(17-13)21-10-4-3-8(14)5-9(10)18(19)20/h3-7H,1-2H3,(H2,15,16,17). The first-order chi connectivity index (χ1) is 9.86. The maximum absolute atomic E-state index is 13.1. The number of aromatic nitrogens is 2. The van der Waals surface area contributed by atoms with Crippen molar-refractivity contribution in [2.75, 3.05) is 5.73 Å². The Morgan fingerprint density at radius 3 is 2.67 bits per heavy atom. The third-order valence-electron chi connectivity index (χ3n) is 2.59. The topological polar surface area (TPSA) is 104 Å². The summed E-state index contributed by atoms with van der Waals surface area (Å²) in [6.07, 6.45) is 0. The van der Waals surface area contributed by atoms with E-state index < -0.39 is 16.4 Å². The van der Waals surface area contributed by atoms with E-state index in [0.29, 0.717) is 5.82 Å². The van der Waals surface area contributed by atoms with Crippen molar-refractivity contribution in [3.8, 4) is 11.6 Å². The van der Waals surface area contributed by atoms with E-state index in [1.54, 1.807) is 0 Å². The van der Waals surface area contributed by atoms with Crippen molar-refractivity contribution in [2.24, 2.45) is 0 Å². The van der Waals surface area contributed by atoms with Crippen LogP contribution in [0.4, 0.5) is 15.9 Å². The highest BCUT2D eigenvalue weighted by atomic mass is 19.1. The second kappa shape index (κ2) is 5.70. The van der Waals surface area contributed by atoms with Gasteiger partial charge in [-0.2, -0.15) is 4.98 Å². The molecule has 0 radical (unpaired) electrons. The Labute approximate surface area is 119 Å². The van der Waals surface area contributed by atoms with Crippen molar-refractivity contribution in [3.05, 3.63) is 46.0 Å². The Kier molecular flexibility index (Phi) is 3.97. The summed E-state index contributed by atoms with van der Waals surface area (Å²) in [4.78, 5) is 18.3. The molecule has 0 unspecified atom stereocenters. The zero-order chi connectivity index (χ0) is 15.6. The van der Waals surface area contributed by atoms with Gasteiger partial charge < -0.3 is 10.5 Å². The van der Waals surface area contributed by atoms with Gasteiger partial charge in [-0.15, -0.1) is 0 Å². The van der Waals surface area contributed by atoms with Crippen LogP contribution in [-0.4, -0.2) is 14.9 Å². The molecule has 2 aromatic rings. The minimum absolute atomic E-state index is 0.0130. The molecule has 2 N–H and O–H groups in total. The molecular weight excluding hydrogens is 279 g/mol. The van der Waals surface area contributed by atoms with Gasteiger partial charge >= 0.3 is 5.69 Å². The second-order valence-corrected chi connectivity index (χ2v) is 4.62. The molecule has 0 fully saturated rings. The maximum atomic E-state index is 13.1. The molecule has 0 spiro atoms. The van der Waals surface area contributed by atoms with Crippen molar-refractivity contribution < 1.29 is 14.1 Å². The zero-order valence-corrected chi connectivity index (χ0v) is 11.4. The van der Waals surface area contributed by atoms with Crippen LogP contribution in [0.2, 0.25) is 0 Å². The highest BCUT2D eigenvalue weighted by Gasteiger charge is 2.18. The van der Waals surface area contributed by atoms with Gasteiger partial charge in [0.1, 0.15) is 17.5 Å². The summed E-state index contributed by atoms with van der Waals surface area (Å²) in [5.74, 6) is -0.114. The van der Waals surface area contributed by atoms with Gasteiger partial charge in [0.15, 0.2) is 0 Å². The summed E-state index contributed by atoms with van der Waals surface area (Å²) >= 11 is 0. The van der Waals surface area contributed by atoms with Crippen LogP contribution >= 0.6 is 0 Å². The van der Waals surface area contributed by atoms with Gasteiger partial charge in [-0.3, -0.25) is 10.1 Å². The lowest BCUT2D eigenvalue weighted by Crippen LogP contribution is -2.03. The fourth-order valence-electron chi connectivity index (χ4n) is 1.60. The highest BCUT2D eigenvalue weighted by Crippen LogP contribution is 2.31. The first kappa shape index (κ1) is 14.6. The molecule has 21 heavy (non-hydrogen) atoms. The number of nitro benzene ring substituents is 1. The molecule has 7 nitrogen and oxygen atoms in total. The van der Waals surface area contributed by atoms with Gasteiger partial charge in [0.2, 0.25) is 11.6 Å². The van der Waals surface area contributed by atoms with Crippen LogP contribution in [0, 0.1) is 15.9 Å². The van der Waals surface area contributed by atoms with Crippen LogP contribution < -0.4 is 10.5 Å². The minimum atomic E-state index is -0.730. The third-order valence-corrected chi connectivity index (χ3v) is 2.59. The van der Waals surface area contributed by atoms with Crippen LogP contribution in [0.3, 0.4) is 0 Å². The fourth-order valence-corrected chi connectivity index (χ4v) is 1.60. The predicted molar refractivity (Wildman–Crippen MR) is 73.7 cm³/mol. The quantitative estimate of drug-likeness (QED) is 0.686. The van der Waals surface area contributed by atoms with Crippen LogP contribution in [0.1, 0.15) is 25.6 Å². The van der Waals surface area contributed by atoms with Gasteiger partial charge in [-0.1, -0.05) is 13.8 Å². The van der Waals surface area contributed by atoms with Crippen LogP contribution in [0.5, 0.6) is 11.6 Å². The lowest BCUT2D eigenvalue weighted by atomic mass is 10.2.